The fraction of sp³-hybridized carbons (Fsp3) is 0. The van der Waals surface area contributed by atoms with E-state index in [9.17, 15) is 9.59 Å². The first kappa shape index (κ1) is 39.7. The molecule has 0 aromatic carbocycles. The van der Waals surface area contributed by atoms with Gasteiger partial charge in [0, 0.05) is 35.9 Å². The second kappa shape index (κ2) is 30.4. The van der Waals surface area contributed by atoms with Gasteiger partial charge in [-0.2, -0.15) is 20.5 Å². The van der Waals surface area contributed by atoms with Gasteiger partial charge in [-0.3, -0.25) is 9.97 Å². The van der Waals surface area contributed by atoms with Gasteiger partial charge in [0.1, 0.15) is 0 Å². The van der Waals surface area contributed by atoms with Gasteiger partial charge < -0.3 is 33.2 Å². The summed E-state index contributed by atoms with van der Waals surface area (Å²) < 4.78 is 0. The molecular weight excluding hydrogens is 515 g/mol. The van der Waals surface area contributed by atoms with Gasteiger partial charge in [-0.05, 0) is 12.1 Å². The monoisotopic (exact) mass is 537 g/mol. The van der Waals surface area contributed by atoms with Crippen molar-refractivity contribution in [3.63, 3.8) is 0 Å². The van der Waals surface area contributed by atoms with E-state index in [-0.39, 0.29) is 28.0 Å². The number of hydrogen-bond donors (Lipinski definition) is 4. The number of amides is 4. The molecule has 4 amide bonds. The molecule has 2 aromatic heterocycles. The van der Waals surface area contributed by atoms with E-state index < -0.39 is 12.1 Å². The minimum atomic E-state index is -0.685. The number of carbonyl (C=O) groups is 2. The Morgan fingerprint density at radius 3 is 1.39 bits per heavy atom. The molecule has 12 N–H and O–H groups in total. The molecule has 0 unspecified atom stereocenters. The van der Waals surface area contributed by atoms with Gasteiger partial charge in [0.2, 0.25) is 0 Å². The number of nitrogens with zero attached hydrogens (tertiary/aromatic N) is 6. The largest absolute Gasteiger partial charge is 2.00 e. The minimum absolute atomic E-state index is 0. The van der Waals surface area contributed by atoms with Crippen LogP contribution in [-0.4, -0.2) is 44.8 Å². The zero-order valence-electron chi connectivity index (χ0n) is 16.8. The van der Waals surface area contributed by atoms with Crippen molar-refractivity contribution in [1.82, 2.24) is 20.8 Å². The number of isothiocyanates is 2. The molecule has 0 spiro atoms. The molecule has 0 saturated heterocycles. The van der Waals surface area contributed by atoms with E-state index >= 15 is 0 Å². The van der Waals surface area contributed by atoms with Crippen molar-refractivity contribution < 1.29 is 37.6 Å². The first-order valence-electron chi connectivity index (χ1n) is 7.40. The van der Waals surface area contributed by atoms with Gasteiger partial charge in [-0.25, -0.2) is 20.4 Å². The van der Waals surface area contributed by atoms with Gasteiger partial charge in [-0.1, -0.05) is 36.6 Å². The topological polar surface area (TPSA) is 271 Å². The van der Waals surface area contributed by atoms with Crippen molar-refractivity contribution in [3.8, 4) is 0 Å². The van der Waals surface area contributed by atoms with Crippen LogP contribution in [0.1, 0.15) is 11.1 Å². The first-order chi connectivity index (χ1) is 14.4. The molecule has 17 heteroatoms. The van der Waals surface area contributed by atoms with Crippen LogP contribution in [0.3, 0.4) is 0 Å². The molecule has 33 heavy (non-hydrogen) atoms. The van der Waals surface area contributed by atoms with Crippen molar-refractivity contribution in [1.29, 1.82) is 0 Å². The molecule has 2 rings (SSSR count). The molecule has 0 aliphatic heterocycles. The van der Waals surface area contributed by atoms with E-state index in [1.165, 1.54) is 22.8 Å². The summed E-state index contributed by atoms with van der Waals surface area (Å²) in [5, 5.41) is 24.0. The maximum absolute atomic E-state index is 10.2. The molecule has 14 nitrogen and oxygen atoms in total. The standard InChI is InChI=1S/2C7H8N4O.2CNS.Mn.2H2O/c2*8-7(12)11-10-5-6-2-1-3-9-4-6;2*2-1-3;;;/h2*1-5H,(H3,8,11,12);;;;2*1H2/q;;2*-1;+2;;/p+2/b2*10-5+;;;;;. The molecule has 0 aliphatic rings. The Bertz CT molecular complexity index is 804. The van der Waals surface area contributed by atoms with E-state index in [4.69, 9.17) is 22.3 Å². The second-order valence-electron chi connectivity index (χ2n) is 4.22. The molecule has 2 aromatic rings. The third-order valence-electron chi connectivity index (χ3n) is 2.15. The first-order valence-corrected chi connectivity index (χ1v) is 8.22. The predicted octanol–water partition coefficient (Wildman–Crippen LogP) is -0.361. The van der Waals surface area contributed by atoms with E-state index in [1.54, 1.807) is 49.1 Å². The van der Waals surface area contributed by atoms with Gasteiger partial charge in [0.15, 0.2) is 0 Å². The SMILES string of the molecule is NC(=O)N/N=C/c1cccnc1.NC(=O)N/N=C/c1cccnc1.[Mn+2].[N-]=C=S.[N-]=C=S.[OH3+].[OH3+]. The fourth-order valence-corrected chi connectivity index (χ4v) is 1.25. The summed E-state index contributed by atoms with van der Waals surface area (Å²) in [5.74, 6) is 0. The third kappa shape index (κ3) is 33.1. The molecule has 2 heterocycles. The third-order valence-corrected chi connectivity index (χ3v) is 2.15. The van der Waals surface area contributed by atoms with Crippen molar-refractivity contribution in [2.75, 3.05) is 0 Å². The number of nitrogens with one attached hydrogen (secondary N) is 2. The maximum Gasteiger partial charge on any atom is 2.00 e. The molecule has 0 aliphatic carbocycles. The number of pyridine rings is 2. The van der Waals surface area contributed by atoms with Crippen molar-refractivity contribution in [3.05, 3.63) is 71.0 Å². The zero-order chi connectivity index (χ0) is 23.0. The smallest absolute Gasteiger partial charge is 0.753 e. The molecule has 1 radical (unpaired) electrons. The number of hydrogen-bond acceptors (Lipinski definition) is 8. The van der Waals surface area contributed by atoms with Crippen LogP contribution in [0.25, 0.3) is 10.8 Å². The number of nitrogens with two attached hydrogens (primary N) is 2. The normalized spacial score (nSPS) is 7.76. The predicted molar refractivity (Wildman–Crippen MR) is 131 cm³/mol. The van der Waals surface area contributed by atoms with Crippen LogP contribution in [-0.2, 0) is 28.0 Å². The van der Waals surface area contributed by atoms with Gasteiger partial charge >= 0.3 is 29.1 Å². The Labute approximate surface area is 210 Å². The Balaban J connectivity index is -0.000000119. The summed E-state index contributed by atoms with van der Waals surface area (Å²) in [7, 11) is 0. The van der Waals surface area contributed by atoms with E-state index in [0.29, 0.717) is 0 Å². The van der Waals surface area contributed by atoms with Crippen LogP contribution in [0.5, 0.6) is 0 Å². The average Bonchev–Trinajstić information content (AvgIpc) is 2.71. The maximum atomic E-state index is 10.2. The Morgan fingerprint density at radius 1 is 0.879 bits per heavy atom. The number of thiocarbonyl (C=S) groups is 2. The number of urea groups is 2. The summed E-state index contributed by atoms with van der Waals surface area (Å²) in [6.45, 7) is 0. The molecule has 0 bridgehead atoms. The Hall–Kier alpha value is -3.78. The summed E-state index contributed by atoms with van der Waals surface area (Å²) in [5.41, 5.74) is 15.3. The van der Waals surface area contributed by atoms with Crippen LogP contribution in [0.4, 0.5) is 9.59 Å². The fourth-order valence-electron chi connectivity index (χ4n) is 1.25. The number of aromatic nitrogens is 2. The number of hydrazone groups is 2. The van der Waals surface area contributed by atoms with Gasteiger partial charge in [0.05, 0.1) is 12.4 Å². The molecule has 0 saturated carbocycles. The van der Waals surface area contributed by atoms with Gasteiger partial charge in [-0.15, -0.1) is 0 Å². The van der Waals surface area contributed by atoms with E-state index in [0.717, 1.165) is 11.1 Å². The summed E-state index contributed by atoms with van der Waals surface area (Å²) >= 11 is 7.40. The summed E-state index contributed by atoms with van der Waals surface area (Å²) in [6, 6.07) is 5.78. The number of primary amides is 2. The molecular formula is C16H22MnN10O4S2+2. The van der Waals surface area contributed by atoms with Crippen molar-refractivity contribution >= 4 is 59.2 Å². The number of carbonyl (C=O) groups excluding carboxylic acids is 2. The van der Waals surface area contributed by atoms with Crippen LogP contribution < -0.4 is 22.3 Å². The summed E-state index contributed by atoms with van der Waals surface area (Å²) in [6.07, 6.45) is 9.45. The average molecular weight is 537 g/mol. The number of rotatable bonds is 4. The van der Waals surface area contributed by atoms with Crippen LogP contribution in [0, 0.1) is 0 Å². The quantitative estimate of drug-likeness (QED) is 0.133. The van der Waals surface area contributed by atoms with Crippen LogP contribution in [0.2, 0.25) is 0 Å². The van der Waals surface area contributed by atoms with Crippen LogP contribution in [0.15, 0.2) is 59.3 Å². The molecule has 177 valence electrons. The second-order valence-corrected chi connectivity index (χ2v) is 4.59. The van der Waals surface area contributed by atoms with E-state index in [1.807, 2.05) is 0 Å². The van der Waals surface area contributed by atoms with E-state index in [2.05, 4.69) is 55.5 Å². The Morgan fingerprint density at radius 2 is 1.18 bits per heavy atom. The van der Waals surface area contributed by atoms with Crippen molar-refractivity contribution in [2.45, 2.75) is 0 Å². The van der Waals surface area contributed by atoms with Crippen molar-refractivity contribution in [2.24, 2.45) is 21.7 Å². The Kier molecular flexibility index (Phi) is 36.6. The van der Waals surface area contributed by atoms with Crippen LogP contribution >= 0.6 is 24.4 Å². The zero-order valence-corrected chi connectivity index (χ0v) is 19.6. The van der Waals surface area contributed by atoms with Gasteiger partial charge in [0.25, 0.3) is 0 Å². The molecule has 0 atom stereocenters. The minimum Gasteiger partial charge on any atom is -0.753 e. The molecule has 0 fully saturated rings. The summed E-state index contributed by atoms with van der Waals surface area (Å²) in [4.78, 5) is 28.0.